The minimum Gasteiger partial charge on any atom is -0.465 e. The molecule has 6 heteroatoms. The molecule has 0 aromatic heterocycles. The second-order valence-corrected chi connectivity index (χ2v) is 5.35. The maximum atomic E-state index is 12.3. The smallest absolute Gasteiger partial charge is 0.337 e. The molecule has 2 aliphatic rings. The van der Waals surface area contributed by atoms with Gasteiger partial charge in [-0.25, -0.2) is 4.79 Å². The van der Waals surface area contributed by atoms with E-state index in [4.69, 9.17) is 14.2 Å². The summed E-state index contributed by atoms with van der Waals surface area (Å²) >= 11 is 0. The maximum Gasteiger partial charge on any atom is 0.337 e. The minimum absolute atomic E-state index is 0.167. The molecule has 0 unspecified atom stereocenters. The molecule has 2 aliphatic heterocycles. The van der Waals surface area contributed by atoms with E-state index in [0.29, 0.717) is 28.3 Å². The second kappa shape index (κ2) is 5.42. The molecule has 6 nitrogen and oxygen atoms in total. The van der Waals surface area contributed by atoms with Gasteiger partial charge in [-0.1, -0.05) is 18.2 Å². The normalized spacial score (nSPS) is 16.0. The van der Waals surface area contributed by atoms with Crippen LogP contribution >= 0.6 is 0 Å². The summed E-state index contributed by atoms with van der Waals surface area (Å²) in [5.74, 6) is 0.598. The van der Waals surface area contributed by atoms with E-state index in [9.17, 15) is 9.59 Å². The topological polar surface area (TPSA) is 73.9 Å². The Morgan fingerprint density at radius 1 is 1.25 bits per heavy atom. The molecular formula is C18H13NO5. The number of ether oxygens (including phenoxy) is 3. The van der Waals surface area contributed by atoms with E-state index in [0.717, 1.165) is 11.1 Å². The van der Waals surface area contributed by atoms with E-state index in [1.165, 1.54) is 7.11 Å². The highest BCUT2D eigenvalue weighted by atomic mass is 16.7. The number of nitrogens with one attached hydrogen (secondary N) is 1. The van der Waals surface area contributed by atoms with E-state index in [1.807, 2.05) is 18.2 Å². The number of methoxy groups -OCH3 is 1. The number of anilines is 1. The molecule has 0 radical (unpaired) electrons. The van der Waals surface area contributed by atoms with Gasteiger partial charge in [-0.05, 0) is 24.3 Å². The highest BCUT2D eigenvalue weighted by Crippen LogP contribution is 2.39. The summed E-state index contributed by atoms with van der Waals surface area (Å²) in [6.45, 7) is 0.167. The van der Waals surface area contributed by atoms with Crippen molar-refractivity contribution in [1.29, 1.82) is 0 Å². The lowest BCUT2D eigenvalue weighted by Crippen LogP contribution is -2.04. The molecule has 0 bridgehead atoms. The molecule has 2 aromatic carbocycles. The van der Waals surface area contributed by atoms with Gasteiger partial charge in [-0.2, -0.15) is 0 Å². The first-order chi connectivity index (χ1) is 11.7. The van der Waals surface area contributed by atoms with Crippen LogP contribution in [0.1, 0.15) is 21.5 Å². The third-order valence-corrected chi connectivity index (χ3v) is 3.95. The number of carbonyl (C=O) groups is 2. The number of carbonyl (C=O) groups excluding carboxylic acids is 2. The molecule has 2 heterocycles. The molecular weight excluding hydrogens is 310 g/mol. The molecule has 24 heavy (non-hydrogen) atoms. The molecule has 0 fully saturated rings. The SMILES string of the molecule is COC(=O)c1ccc2c(c1)NC(=O)/C2=C\c1cccc2c1OCO2. The molecule has 2 aromatic rings. The van der Waals surface area contributed by atoms with Gasteiger partial charge in [0.25, 0.3) is 5.91 Å². The first kappa shape index (κ1) is 14.3. The number of benzene rings is 2. The van der Waals surface area contributed by atoms with Gasteiger partial charge in [0.05, 0.1) is 12.7 Å². The molecule has 0 saturated heterocycles. The summed E-state index contributed by atoms with van der Waals surface area (Å²) in [7, 11) is 1.32. The molecule has 1 N–H and O–H groups in total. The summed E-state index contributed by atoms with van der Waals surface area (Å²) in [6, 6.07) is 10.5. The summed E-state index contributed by atoms with van der Waals surface area (Å²) in [5.41, 5.74) is 2.96. The van der Waals surface area contributed by atoms with E-state index in [2.05, 4.69) is 5.32 Å². The Kier molecular flexibility index (Phi) is 3.23. The average molecular weight is 323 g/mol. The highest BCUT2D eigenvalue weighted by molar-refractivity contribution is 6.35. The summed E-state index contributed by atoms with van der Waals surface area (Å²) < 4.78 is 15.5. The van der Waals surface area contributed by atoms with Crippen LogP contribution < -0.4 is 14.8 Å². The number of rotatable bonds is 2. The predicted molar refractivity (Wildman–Crippen MR) is 86.8 cm³/mol. The van der Waals surface area contributed by atoms with Crippen molar-refractivity contribution in [2.75, 3.05) is 19.2 Å². The number of fused-ring (bicyclic) bond motifs is 2. The lowest BCUT2D eigenvalue weighted by atomic mass is 10.0. The molecule has 0 aliphatic carbocycles. The van der Waals surface area contributed by atoms with Crippen molar-refractivity contribution in [3.63, 3.8) is 0 Å². The van der Waals surface area contributed by atoms with Crippen LogP contribution in [0.5, 0.6) is 11.5 Å². The average Bonchev–Trinajstić information content (AvgIpc) is 3.19. The van der Waals surface area contributed by atoms with E-state index in [-0.39, 0.29) is 12.7 Å². The van der Waals surface area contributed by atoms with Gasteiger partial charge >= 0.3 is 5.97 Å². The van der Waals surface area contributed by atoms with Gasteiger partial charge in [0, 0.05) is 22.4 Å². The predicted octanol–water partition coefficient (Wildman–Crippen LogP) is 2.69. The van der Waals surface area contributed by atoms with Crippen LogP contribution in [0.15, 0.2) is 36.4 Å². The molecule has 1 amide bonds. The van der Waals surface area contributed by atoms with Crippen LogP contribution in [0.25, 0.3) is 11.6 Å². The minimum atomic E-state index is -0.448. The van der Waals surface area contributed by atoms with E-state index in [1.54, 1.807) is 24.3 Å². The Hall–Kier alpha value is -3.28. The van der Waals surface area contributed by atoms with Crippen molar-refractivity contribution in [3.8, 4) is 11.5 Å². The molecule has 4 rings (SSSR count). The van der Waals surface area contributed by atoms with Gasteiger partial charge in [-0.15, -0.1) is 0 Å². The Bertz CT molecular complexity index is 900. The monoisotopic (exact) mass is 323 g/mol. The van der Waals surface area contributed by atoms with Crippen LogP contribution in [0.4, 0.5) is 5.69 Å². The summed E-state index contributed by atoms with van der Waals surface area (Å²) in [5, 5.41) is 2.77. The zero-order valence-corrected chi connectivity index (χ0v) is 12.8. The van der Waals surface area contributed by atoms with Crippen molar-refractivity contribution in [1.82, 2.24) is 0 Å². The number of hydrogen-bond acceptors (Lipinski definition) is 5. The van der Waals surface area contributed by atoms with Gasteiger partial charge in [-0.3, -0.25) is 4.79 Å². The quantitative estimate of drug-likeness (QED) is 0.679. The van der Waals surface area contributed by atoms with Crippen molar-refractivity contribution >= 4 is 29.2 Å². The van der Waals surface area contributed by atoms with Gasteiger partial charge in [0.2, 0.25) is 6.79 Å². The number of esters is 1. The second-order valence-electron chi connectivity index (χ2n) is 5.35. The standard InChI is InChI=1S/C18H13NO5/c1-22-18(21)11-5-6-12-13(17(20)19-14(12)8-11)7-10-3-2-4-15-16(10)24-9-23-15/h2-8H,9H2,1H3,(H,19,20)/b13-7-. The number of hydrogen-bond donors (Lipinski definition) is 1. The number of amides is 1. The third kappa shape index (κ3) is 2.20. The molecule has 0 saturated carbocycles. The summed E-state index contributed by atoms with van der Waals surface area (Å²) in [6.07, 6.45) is 1.76. The Morgan fingerprint density at radius 3 is 2.96 bits per heavy atom. The zero-order chi connectivity index (χ0) is 16.7. The third-order valence-electron chi connectivity index (χ3n) is 3.95. The van der Waals surface area contributed by atoms with E-state index >= 15 is 0 Å². The van der Waals surface area contributed by atoms with Gasteiger partial charge in [0.15, 0.2) is 11.5 Å². The molecule has 0 spiro atoms. The lowest BCUT2D eigenvalue weighted by Gasteiger charge is -2.04. The van der Waals surface area contributed by atoms with Gasteiger partial charge < -0.3 is 19.5 Å². The molecule has 120 valence electrons. The van der Waals surface area contributed by atoms with Gasteiger partial charge in [0.1, 0.15) is 0 Å². The number of para-hydroxylation sites is 1. The van der Waals surface area contributed by atoms with Crippen LogP contribution in [-0.4, -0.2) is 25.8 Å². The highest BCUT2D eigenvalue weighted by Gasteiger charge is 2.26. The lowest BCUT2D eigenvalue weighted by molar-refractivity contribution is -0.110. The van der Waals surface area contributed by atoms with Crippen LogP contribution in [-0.2, 0) is 9.53 Å². The van der Waals surface area contributed by atoms with Crippen LogP contribution in [0, 0.1) is 0 Å². The van der Waals surface area contributed by atoms with E-state index < -0.39 is 5.97 Å². The van der Waals surface area contributed by atoms with Crippen LogP contribution in [0.3, 0.4) is 0 Å². The first-order valence-corrected chi connectivity index (χ1v) is 7.32. The fourth-order valence-corrected chi connectivity index (χ4v) is 2.80. The zero-order valence-electron chi connectivity index (χ0n) is 12.8. The Labute approximate surface area is 137 Å². The largest absolute Gasteiger partial charge is 0.465 e. The Balaban J connectivity index is 1.78. The first-order valence-electron chi connectivity index (χ1n) is 7.32. The maximum absolute atomic E-state index is 12.3. The Morgan fingerprint density at radius 2 is 2.12 bits per heavy atom. The van der Waals surface area contributed by atoms with Crippen LogP contribution in [0.2, 0.25) is 0 Å². The van der Waals surface area contributed by atoms with Crippen molar-refractivity contribution in [2.24, 2.45) is 0 Å². The fourth-order valence-electron chi connectivity index (χ4n) is 2.80. The van der Waals surface area contributed by atoms with Crippen molar-refractivity contribution in [3.05, 3.63) is 53.1 Å². The molecule has 0 atom stereocenters. The fraction of sp³-hybridized carbons (Fsp3) is 0.111. The summed E-state index contributed by atoms with van der Waals surface area (Å²) in [4.78, 5) is 23.9. The van der Waals surface area contributed by atoms with Crippen molar-refractivity contribution < 1.29 is 23.8 Å². The van der Waals surface area contributed by atoms with Crippen molar-refractivity contribution in [2.45, 2.75) is 0 Å².